The van der Waals surface area contributed by atoms with Gasteiger partial charge in [0, 0.05) is 32.0 Å². The van der Waals surface area contributed by atoms with E-state index in [4.69, 9.17) is 17.3 Å². The van der Waals surface area contributed by atoms with Gasteiger partial charge in [-0.3, -0.25) is 4.90 Å². The van der Waals surface area contributed by atoms with Gasteiger partial charge in [0.1, 0.15) is 5.00 Å². The summed E-state index contributed by atoms with van der Waals surface area (Å²) in [6.07, 6.45) is 7.53. The summed E-state index contributed by atoms with van der Waals surface area (Å²) in [7, 11) is 1.95. The average Bonchev–Trinajstić information content (AvgIpc) is 2.88. The summed E-state index contributed by atoms with van der Waals surface area (Å²) in [5.41, 5.74) is 8.10. The van der Waals surface area contributed by atoms with Crippen LogP contribution >= 0.6 is 11.6 Å². The van der Waals surface area contributed by atoms with Gasteiger partial charge in [-0.2, -0.15) is 0 Å². The fourth-order valence-electron chi connectivity index (χ4n) is 2.60. The topological polar surface area (TPSA) is 74.6 Å². The second kappa shape index (κ2) is 6.77. The van der Waals surface area contributed by atoms with Gasteiger partial charge in [0.05, 0.1) is 19.3 Å². The van der Waals surface area contributed by atoms with E-state index >= 15 is 0 Å². The SMILES string of the molecule is Cn1cccc1C1=CC(Cl)(N(CCO)CCO)C=CC1N. The van der Waals surface area contributed by atoms with E-state index in [2.05, 4.69) is 0 Å². The molecule has 0 bridgehead atoms. The number of hydrogen-bond donors (Lipinski definition) is 3. The van der Waals surface area contributed by atoms with Crippen molar-refractivity contribution in [1.29, 1.82) is 0 Å². The zero-order chi connectivity index (χ0) is 15.5. The lowest BCUT2D eigenvalue weighted by Gasteiger charge is -2.37. The largest absolute Gasteiger partial charge is 0.395 e. The Morgan fingerprint density at radius 2 is 2.05 bits per heavy atom. The third kappa shape index (κ3) is 3.39. The molecular weight excluding hydrogens is 290 g/mol. The molecule has 1 aromatic rings. The molecule has 0 saturated heterocycles. The molecule has 21 heavy (non-hydrogen) atoms. The second-order valence-electron chi connectivity index (χ2n) is 5.15. The zero-order valence-electron chi connectivity index (χ0n) is 12.1. The average molecular weight is 312 g/mol. The van der Waals surface area contributed by atoms with Gasteiger partial charge in [-0.1, -0.05) is 17.7 Å². The molecule has 1 aliphatic rings. The highest BCUT2D eigenvalue weighted by molar-refractivity contribution is 6.27. The Hall–Kier alpha value is -1.11. The lowest BCUT2D eigenvalue weighted by Crippen LogP contribution is -2.46. The van der Waals surface area contributed by atoms with Crippen LogP contribution in [0.15, 0.2) is 36.6 Å². The molecule has 0 amide bonds. The molecule has 0 fully saturated rings. The molecule has 6 heteroatoms. The lowest BCUT2D eigenvalue weighted by atomic mass is 9.94. The fourth-order valence-corrected chi connectivity index (χ4v) is 2.96. The summed E-state index contributed by atoms with van der Waals surface area (Å²) in [5.74, 6) is 0. The van der Waals surface area contributed by atoms with Crippen molar-refractivity contribution in [3.05, 3.63) is 42.3 Å². The Morgan fingerprint density at radius 3 is 2.57 bits per heavy atom. The quantitative estimate of drug-likeness (QED) is 0.407. The lowest BCUT2D eigenvalue weighted by molar-refractivity contribution is 0.139. The van der Waals surface area contributed by atoms with Crippen molar-refractivity contribution in [2.45, 2.75) is 11.0 Å². The van der Waals surface area contributed by atoms with Gasteiger partial charge in [-0.25, -0.2) is 0 Å². The van der Waals surface area contributed by atoms with E-state index in [1.807, 2.05) is 53.1 Å². The van der Waals surface area contributed by atoms with Crippen LogP contribution in [0.3, 0.4) is 0 Å². The number of halogens is 1. The third-order valence-corrected chi connectivity index (χ3v) is 4.19. The summed E-state index contributed by atoms with van der Waals surface area (Å²) in [4.78, 5) is 0.931. The molecule has 5 nitrogen and oxygen atoms in total. The van der Waals surface area contributed by atoms with Crippen molar-refractivity contribution in [2.24, 2.45) is 12.8 Å². The van der Waals surface area contributed by atoms with Gasteiger partial charge in [-0.05, 0) is 29.9 Å². The number of nitrogens with zero attached hydrogens (tertiary/aromatic N) is 2. The van der Waals surface area contributed by atoms with E-state index < -0.39 is 5.00 Å². The summed E-state index contributed by atoms with van der Waals surface area (Å²) >= 11 is 6.70. The molecule has 0 spiro atoms. The van der Waals surface area contributed by atoms with Crippen molar-refractivity contribution in [3.8, 4) is 0 Å². The van der Waals surface area contributed by atoms with Crippen LogP contribution in [-0.4, -0.2) is 57.0 Å². The van der Waals surface area contributed by atoms with Gasteiger partial charge in [0.25, 0.3) is 0 Å². The number of nitrogens with two attached hydrogens (primary N) is 1. The van der Waals surface area contributed by atoms with E-state index in [0.29, 0.717) is 13.1 Å². The van der Waals surface area contributed by atoms with Crippen LogP contribution in [0.1, 0.15) is 5.69 Å². The number of aryl methyl sites for hydroxylation is 1. The number of aliphatic hydroxyl groups is 2. The van der Waals surface area contributed by atoms with Crippen molar-refractivity contribution >= 4 is 17.2 Å². The number of hydrogen-bond acceptors (Lipinski definition) is 4. The van der Waals surface area contributed by atoms with E-state index in [9.17, 15) is 10.2 Å². The molecule has 4 N–H and O–H groups in total. The van der Waals surface area contributed by atoms with E-state index in [1.54, 1.807) is 0 Å². The normalized spacial score (nSPS) is 25.4. The van der Waals surface area contributed by atoms with Crippen LogP contribution < -0.4 is 5.73 Å². The second-order valence-corrected chi connectivity index (χ2v) is 5.76. The standard InChI is InChI=1S/C15H22ClN3O2/c1-18-6-2-3-14(18)12-11-15(16,5-4-13(12)17)19(7-9-20)8-10-21/h2-6,11,13,20-21H,7-10,17H2,1H3. The van der Waals surface area contributed by atoms with Gasteiger partial charge in [-0.15, -0.1) is 0 Å². The predicted octanol–water partition coefficient (Wildman–Crippen LogP) is 0.527. The first-order valence-electron chi connectivity index (χ1n) is 6.97. The first kappa shape index (κ1) is 16.3. The summed E-state index contributed by atoms with van der Waals surface area (Å²) in [6.45, 7) is 0.699. The maximum absolute atomic E-state index is 9.20. The van der Waals surface area contributed by atoms with Crippen molar-refractivity contribution in [1.82, 2.24) is 9.47 Å². The van der Waals surface area contributed by atoms with Crippen LogP contribution in [0.2, 0.25) is 0 Å². The molecular formula is C15H22ClN3O2. The summed E-state index contributed by atoms with van der Waals surface area (Å²) in [5, 5.41) is 18.4. The van der Waals surface area contributed by atoms with Crippen molar-refractivity contribution < 1.29 is 10.2 Å². The third-order valence-electron chi connectivity index (χ3n) is 3.72. The highest BCUT2D eigenvalue weighted by atomic mass is 35.5. The molecule has 2 unspecified atom stereocenters. The smallest absolute Gasteiger partial charge is 0.134 e. The molecule has 1 heterocycles. The highest BCUT2D eigenvalue weighted by Crippen LogP contribution is 2.34. The summed E-state index contributed by atoms with van der Waals surface area (Å²) in [6, 6.07) is 3.72. The monoisotopic (exact) mass is 311 g/mol. The minimum absolute atomic E-state index is 0.0261. The fraction of sp³-hybridized carbons (Fsp3) is 0.467. The number of alkyl halides is 1. The minimum atomic E-state index is -0.888. The predicted molar refractivity (Wildman–Crippen MR) is 84.8 cm³/mol. The van der Waals surface area contributed by atoms with E-state index in [0.717, 1.165) is 11.3 Å². The molecule has 2 atom stereocenters. The first-order valence-corrected chi connectivity index (χ1v) is 7.34. The first-order chi connectivity index (χ1) is 10.0. The maximum Gasteiger partial charge on any atom is 0.134 e. The van der Waals surface area contributed by atoms with Crippen LogP contribution in [0, 0.1) is 0 Å². The minimum Gasteiger partial charge on any atom is -0.395 e. The Kier molecular flexibility index (Phi) is 5.24. The van der Waals surface area contributed by atoms with Crippen molar-refractivity contribution in [3.63, 3.8) is 0 Å². The highest BCUT2D eigenvalue weighted by Gasteiger charge is 2.34. The van der Waals surface area contributed by atoms with Crippen LogP contribution in [0.25, 0.3) is 5.57 Å². The van der Waals surface area contributed by atoms with Gasteiger partial charge in [0.2, 0.25) is 0 Å². The number of rotatable bonds is 6. The molecule has 0 radical (unpaired) electrons. The molecule has 0 aromatic carbocycles. The Labute approximate surface area is 129 Å². The summed E-state index contributed by atoms with van der Waals surface area (Å²) < 4.78 is 1.99. The van der Waals surface area contributed by atoms with Gasteiger partial charge >= 0.3 is 0 Å². The molecule has 2 rings (SSSR count). The van der Waals surface area contributed by atoms with E-state index in [1.165, 1.54) is 0 Å². The number of aliphatic hydroxyl groups excluding tert-OH is 2. The zero-order valence-corrected chi connectivity index (χ0v) is 12.9. The van der Waals surface area contributed by atoms with Crippen LogP contribution in [0.5, 0.6) is 0 Å². The molecule has 1 aromatic heterocycles. The maximum atomic E-state index is 9.20. The Bertz CT molecular complexity index is 535. The van der Waals surface area contributed by atoms with Crippen molar-refractivity contribution in [2.75, 3.05) is 26.3 Å². The van der Waals surface area contributed by atoms with Gasteiger partial charge in [0.15, 0.2) is 0 Å². The van der Waals surface area contributed by atoms with Crippen LogP contribution in [-0.2, 0) is 7.05 Å². The van der Waals surface area contributed by atoms with Crippen LogP contribution in [0.4, 0.5) is 0 Å². The Balaban J connectivity index is 2.37. The number of aromatic nitrogens is 1. The van der Waals surface area contributed by atoms with E-state index in [-0.39, 0.29) is 19.3 Å². The molecule has 0 saturated carbocycles. The molecule has 116 valence electrons. The van der Waals surface area contributed by atoms with Gasteiger partial charge < -0.3 is 20.5 Å². The Morgan fingerprint density at radius 1 is 1.38 bits per heavy atom. The molecule has 1 aliphatic carbocycles. The molecule has 0 aliphatic heterocycles.